The van der Waals surface area contributed by atoms with Crippen LogP contribution in [0.2, 0.25) is 0 Å². The summed E-state index contributed by atoms with van der Waals surface area (Å²) in [6.07, 6.45) is 0. The smallest absolute Gasteiger partial charge is 0.182 e. The molecule has 1 atom stereocenters. The zero-order chi connectivity index (χ0) is 13.2. The molecule has 1 unspecified atom stereocenters. The Morgan fingerprint density at radius 1 is 1.18 bits per heavy atom. The number of hydrogen-bond donors (Lipinski definition) is 1. The normalized spacial score (nSPS) is 14.0. The second-order valence-electron chi connectivity index (χ2n) is 4.81. The SMILES string of the molecule is Cc1ccc(S(=O)(=O)C(CN)C(C)C)cc1C. The third-order valence-corrected chi connectivity index (χ3v) is 5.63. The lowest BCUT2D eigenvalue weighted by Gasteiger charge is -2.19. The van der Waals surface area contributed by atoms with E-state index in [9.17, 15) is 8.42 Å². The lowest BCUT2D eigenvalue weighted by Crippen LogP contribution is -2.34. The maximum Gasteiger partial charge on any atom is 0.182 e. The molecule has 0 radical (unpaired) electrons. The topological polar surface area (TPSA) is 60.2 Å². The van der Waals surface area contributed by atoms with Crippen LogP contribution in [-0.2, 0) is 9.84 Å². The molecule has 0 saturated heterocycles. The second kappa shape index (κ2) is 5.19. The van der Waals surface area contributed by atoms with Gasteiger partial charge in [0.1, 0.15) is 0 Å². The minimum atomic E-state index is -3.31. The van der Waals surface area contributed by atoms with Gasteiger partial charge in [-0.15, -0.1) is 0 Å². The molecule has 0 bridgehead atoms. The van der Waals surface area contributed by atoms with Gasteiger partial charge in [0.15, 0.2) is 9.84 Å². The van der Waals surface area contributed by atoms with Crippen LogP contribution in [-0.4, -0.2) is 20.2 Å². The molecule has 2 N–H and O–H groups in total. The van der Waals surface area contributed by atoms with E-state index >= 15 is 0 Å². The Kier molecular flexibility index (Phi) is 4.33. The molecule has 0 aliphatic carbocycles. The number of nitrogens with two attached hydrogens (primary N) is 1. The van der Waals surface area contributed by atoms with Gasteiger partial charge in [0.05, 0.1) is 10.1 Å². The highest BCUT2D eigenvalue weighted by atomic mass is 32.2. The molecule has 0 aliphatic heterocycles. The summed E-state index contributed by atoms with van der Waals surface area (Å²) in [5.41, 5.74) is 7.67. The molecule has 3 nitrogen and oxygen atoms in total. The van der Waals surface area contributed by atoms with Crippen LogP contribution in [0.15, 0.2) is 23.1 Å². The highest BCUT2D eigenvalue weighted by molar-refractivity contribution is 7.92. The summed E-state index contributed by atoms with van der Waals surface area (Å²) in [6.45, 7) is 7.81. The third-order valence-electron chi connectivity index (χ3n) is 3.18. The van der Waals surface area contributed by atoms with Crippen LogP contribution >= 0.6 is 0 Å². The molecule has 0 heterocycles. The number of aryl methyl sites for hydroxylation is 2. The molecule has 1 rings (SSSR count). The van der Waals surface area contributed by atoms with Gasteiger partial charge in [0.2, 0.25) is 0 Å². The lowest BCUT2D eigenvalue weighted by molar-refractivity contribution is 0.533. The van der Waals surface area contributed by atoms with Gasteiger partial charge in [-0.3, -0.25) is 0 Å². The summed E-state index contributed by atoms with van der Waals surface area (Å²) < 4.78 is 24.8. The first-order valence-corrected chi connectivity index (χ1v) is 7.36. The molecule has 4 heteroatoms. The predicted octanol–water partition coefficient (Wildman–Crippen LogP) is 2.06. The first-order valence-electron chi connectivity index (χ1n) is 5.82. The maximum absolute atomic E-state index is 12.4. The summed E-state index contributed by atoms with van der Waals surface area (Å²) in [6, 6.07) is 5.24. The molecule has 0 amide bonds. The van der Waals surface area contributed by atoms with E-state index in [1.165, 1.54) is 0 Å². The van der Waals surface area contributed by atoms with Crippen LogP contribution < -0.4 is 5.73 Å². The zero-order valence-electron chi connectivity index (χ0n) is 10.9. The number of sulfone groups is 1. The summed E-state index contributed by atoms with van der Waals surface area (Å²) in [5, 5.41) is -0.510. The molecule has 0 aliphatic rings. The quantitative estimate of drug-likeness (QED) is 0.896. The van der Waals surface area contributed by atoms with Gasteiger partial charge in [0, 0.05) is 6.54 Å². The summed E-state index contributed by atoms with van der Waals surface area (Å²) >= 11 is 0. The molecule has 0 saturated carbocycles. The highest BCUT2D eigenvalue weighted by Gasteiger charge is 2.29. The highest BCUT2D eigenvalue weighted by Crippen LogP contribution is 2.22. The van der Waals surface area contributed by atoms with E-state index in [2.05, 4.69) is 0 Å². The Hall–Kier alpha value is -0.870. The maximum atomic E-state index is 12.4. The molecule has 17 heavy (non-hydrogen) atoms. The minimum Gasteiger partial charge on any atom is -0.329 e. The minimum absolute atomic E-state index is 0.0200. The van der Waals surface area contributed by atoms with E-state index in [1.807, 2.05) is 33.8 Å². The van der Waals surface area contributed by atoms with Gasteiger partial charge in [0.25, 0.3) is 0 Å². The van der Waals surface area contributed by atoms with Gasteiger partial charge >= 0.3 is 0 Å². The first-order chi connectivity index (χ1) is 7.80. The standard InChI is InChI=1S/C13H21NO2S/c1-9(2)13(8-14)17(15,16)12-6-5-10(3)11(4)7-12/h5-7,9,13H,8,14H2,1-4H3. The molecular formula is C13H21NO2S. The van der Waals surface area contributed by atoms with Crippen molar-refractivity contribution in [3.63, 3.8) is 0 Å². The Morgan fingerprint density at radius 2 is 1.76 bits per heavy atom. The average molecular weight is 255 g/mol. The average Bonchev–Trinajstić information content (AvgIpc) is 2.21. The fourth-order valence-corrected chi connectivity index (χ4v) is 3.74. The molecule has 1 aromatic rings. The van der Waals surface area contributed by atoms with Crippen molar-refractivity contribution in [2.75, 3.05) is 6.54 Å². The van der Waals surface area contributed by atoms with E-state index in [-0.39, 0.29) is 12.5 Å². The van der Waals surface area contributed by atoms with E-state index < -0.39 is 15.1 Å². The van der Waals surface area contributed by atoms with Crippen molar-refractivity contribution in [3.05, 3.63) is 29.3 Å². The number of benzene rings is 1. The van der Waals surface area contributed by atoms with Crippen LogP contribution in [0.1, 0.15) is 25.0 Å². The van der Waals surface area contributed by atoms with Crippen LogP contribution in [0, 0.1) is 19.8 Å². The van der Waals surface area contributed by atoms with Crippen LogP contribution in [0.4, 0.5) is 0 Å². The van der Waals surface area contributed by atoms with Crippen molar-refractivity contribution in [3.8, 4) is 0 Å². The van der Waals surface area contributed by atoms with Crippen molar-refractivity contribution in [1.29, 1.82) is 0 Å². The van der Waals surface area contributed by atoms with Crippen LogP contribution in [0.3, 0.4) is 0 Å². The number of rotatable bonds is 4. The van der Waals surface area contributed by atoms with Crippen molar-refractivity contribution in [2.45, 2.75) is 37.8 Å². The van der Waals surface area contributed by atoms with Gasteiger partial charge in [-0.1, -0.05) is 19.9 Å². The van der Waals surface area contributed by atoms with Gasteiger partial charge in [-0.05, 0) is 43.0 Å². The largest absolute Gasteiger partial charge is 0.329 e. The molecule has 1 aromatic carbocycles. The van der Waals surface area contributed by atoms with Crippen LogP contribution in [0.5, 0.6) is 0 Å². The van der Waals surface area contributed by atoms with Crippen LogP contribution in [0.25, 0.3) is 0 Å². The van der Waals surface area contributed by atoms with E-state index in [1.54, 1.807) is 12.1 Å². The Labute approximate surface area is 104 Å². The number of hydrogen-bond acceptors (Lipinski definition) is 3. The molecule has 0 fully saturated rings. The lowest BCUT2D eigenvalue weighted by atomic mass is 10.1. The monoisotopic (exact) mass is 255 g/mol. The molecule has 0 spiro atoms. The van der Waals surface area contributed by atoms with E-state index in [0.717, 1.165) is 11.1 Å². The van der Waals surface area contributed by atoms with Crippen molar-refractivity contribution in [2.24, 2.45) is 11.7 Å². The van der Waals surface area contributed by atoms with E-state index in [0.29, 0.717) is 4.90 Å². The second-order valence-corrected chi connectivity index (χ2v) is 6.98. The fraction of sp³-hybridized carbons (Fsp3) is 0.538. The van der Waals surface area contributed by atoms with Crippen molar-refractivity contribution in [1.82, 2.24) is 0 Å². The first kappa shape index (κ1) is 14.2. The van der Waals surface area contributed by atoms with Crippen molar-refractivity contribution < 1.29 is 8.42 Å². The van der Waals surface area contributed by atoms with Crippen molar-refractivity contribution >= 4 is 9.84 Å². The Morgan fingerprint density at radius 3 is 2.18 bits per heavy atom. The molecular weight excluding hydrogens is 234 g/mol. The summed E-state index contributed by atoms with van der Waals surface area (Å²) in [5.74, 6) is 0.0200. The third kappa shape index (κ3) is 2.87. The van der Waals surface area contributed by atoms with Gasteiger partial charge < -0.3 is 5.73 Å². The zero-order valence-corrected chi connectivity index (χ0v) is 11.7. The molecule has 0 aromatic heterocycles. The van der Waals surface area contributed by atoms with Gasteiger partial charge in [-0.25, -0.2) is 8.42 Å². The Balaban J connectivity index is 3.25. The van der Waals surface area contributed by atoms with E-state index in [4.69, 9.17) is 5.73 Å². The Bertz CT molecular complexity index is 492. The predicted molar refractivity (Wildman–Crippen MR) is 70.8 cm³/mol. The fourth-order valence-electron chi connectivity index (χ4n) is 1.82. The summed E-state index contributed by atoms with van der Waals surface area (Å²) in [4.78, 5) is 0.379. The summed E-state index contributed by atoms with van der Waals surface area (Å²) in [7, 11) is -3.31. The van der Waals surface area contributed by atoms with Gasteiger partial charge in [-0.2, -0.15) is 0 Å². The molecule has 96 valence electrons.